The molecule has 8 nitrogen and oxygen atoms in total. The van der Waals surface area contributed by atoms with Crippen LogP contribution in [0.15, 0.2) is 48.7 Å². The Hall–Kier alpha value is -2.75. The first-order chi connectivity index (χ1) is 13.1. The van der Waals surface area contributed by atoms with E-state index in [1.165, 1.54) is 11.3 Å². The van der Waals surface area contributed by atoms with E-state index in [0.29, 0.717) is 16.6 Å². The summed E-state index contributed by atoms with van der Waals surface area (Å²) in [4.78, 5) is 12.9. The van der Waals surface area contributed by atoms with Gasteiger partial charge < -0.3 is 15.6 Å². The van der Waals surface area contributed by atoms with E-state index >= 15 is 0 Å². The van der Waals surface area contributed by atoms with Gasteiger partial charge in [0.25, 0.3) is 0 Å². The number of carbonyl (C=O) groups excluding carboxylic acids is 1. The molecule has 27 heavy (non-hydrogen) atoms. The average molecular weight is 383 g/mol. The van der Waals surface area contributed by atoms with E-state index in [0.717, 1.165) is 11.3 Å². The fraction of sp³-hybridized carbons (Fsp3) is 0.278. The minimum atomic E-state index is -0.385. The Balaban J connectivity index is 1.50. The third-order valence-corrected chi connectivity index (χ3v) is 5.50. The van der Waals surface area contributed by atoms with Crippen molar-refractivity contribution in [1.82, 2.24) is 30.9 Å². The molecule has 1 amide bonds. The Morgan fingerprint density at radius 3 is 2.74 bits per heavy atom. The molecule has 4 rings (SSSR count). The number of hydrogen-bond donors (Lipinski definition) is 4. The number of benzene rings is 1. The zero-order valence-corrected chi connectivity index (χ0v) is 15.6. The molecule has 0 radical (unpaired) electrons. The standard InChI is InChI=1S/C18H21N7OS/c1-25-9-5-8-14(25)12-10-13(22-21-12)16(26)20-15(11-6-3-2-4-7-11)17-23-24-18(19)27-17/h2-9,12-13,15,21-22H,10H2,1H3,(H2,19,24)(H,20,26). The van der Waals surface area contributed by atoms with Crippen LogP contribution in [0.4, 0.5) is 5.13 Å². The van der Waals surface area contributed by atoms with Gasteiger partial charge in [0.15, 0.2) is 0 Å². The van der Waals surface area contributed by atoms with Gasteiger partial charge in [-0.1, -0.05) is 41.7 Å². The highest BCUT2D eigenvalue weighted by molar-refractivity contribution is 7.15. The maximum Gasteiger partial charge on any atom is 0.239 e. The number of nitrogens with zero attached hydrogens (tertiary/aromatic N) is 3. The molecule has 1 aliphatic heterocycles. The van der Waals surface area contributed by atoms with Crippen molar-refractivity contribution in [2.45, 2.75) is 24.5 Å². The molecule has 0 spiro atoms. The third-order valence-electron chi connectivity index (χ3n) is 4.68. The molecule has 2 aromatic heterocycles. The number of nitrogen functional groups attached to an aromatic ring is 1. The summed E-state index contributed by atoms with van der Waals surface area (Å²) < 4.78 is 2.05. The van der Waals surface area contributed by atoms with Crippen molar-refractivity contribution in [2.24, 2.45) is 7.05 Å². The normalized spacial score (nSPS) is 20.5. The predicted octanol–water partition coefficient (Wildman–Crippen LogP) is 1.27. The third kappa shape index (κ3) is 3.70. The summed E-state index contributed by atoms with van der Waals surface area (Å²) in [7, 11) is 2.00. The Morgan fingerprint density at radius 1 is 1.26 bits per heavy atom. The number of amides is 1. The first kappa shape index (κ1) is 17.7. The first-order valence-corrected chi connectivity index (χ1v) is 9.50. The van der Waals surface area contributed by atoms with Crippen molar-refractivity contribution < 1.29 is 4.79 Å². The highest BCUT2D eigenvalue weighted by atomic mass is 32.1. The van der Waals surface area contributed by atoms with Crippen LogP contribution in [0.25, 0.3) is 0 Å². The molecule has 1 aliphatic rings. The van der Waals surface area contributed by atoms with Gasteiger partial charge >= 0.3 is 0 Å². The summed E-state index contributed by atoms with van der Waals surface area (Å²) >= 11 is 1.28. The highest BCUT2D eigenvalue weighted by Crippen LogP contribution is 2.27. The average Bonchev–Trinajstić information content (AvgIpc) is 3.41. The molecule has 9 heteroatoms. The highest BCUT2D eigenvalue weighted by Gasteiger charge is 2.33. The summed E-state index contributed by atoms with van der Waals surface area (Å²) in [5.74, 6) is -0.0955. The van der Waals surface area contributed by atoms with E-state index in [1.807, 2.05) is 49.6 Å². The lowest BCUT2D eigenvalue weighted by atomic mass is 10.0. The predicted molar refractivity (Wildman–Crippen MR) is 104 cm³/mol. The van der Waals surface area contributed by atoms with Gasteiger partial charge in [-0.2, -0.15) is 0 Å². The molecule has 3 atom stereocenters. The number of rotatable bonds is 5. The quantitative estimate of drug-likeness (QED) is 0.528. The van der Waals surface area contributed by atoms with Gasteiger partial charge in [-0.3, -0.25) is 4.79 Å². The number of hydrogen-bond acceptors (Lipinski definition) is 7. The van der Waals surface area contributed by atoms with Gasteiger partial charge in [-0.15, -0.1) is 10.2 Å². The van der Waals surface area contributed by atoms with E-state index in [1.54, 1.807) is 0 Å². The molecule has 3 unspecified atom stereocenters. The van der Waals surface area contributed by atoms with Crippen LogP contribution in [0.2, 0.25) is 0 Å². The van der Waals surface area contributed by atoms with Gasteiger partial charge in [-0.25, -0.2) is 10.9 Å². The number of aryl methyl sites for hydroxylation is 1. The number of nitrogens with one attached hydrogen (secondary N) is 3. The van der Waals surface area contributed by atoms with Crippen molar-refractivity contribution in [2.75, 3.05) is 5.73 Å². The number of nitrogens with two attached hydrogens (primary N) is 1. The van der Waals surface area contributed by atoms with E-state index < -0.39 is 0 Å². The van der Waals surface area contributed by atoms with Gasteiger partial charge in [-0.05, 0) is 24.1 Å². The largest absolute Gasteiger partial charge is 0.374 e. The maximum atomic E-state index is 12.9. The molecule has 1 fully saturated rings. The second kappa shape index (κ2) is 7.47. The Labute approximate surface area is 160 Å². The molecular formula is C18H21N7OS. The summed E-state index contributed by atoms with van der Waals surface area (Å²) in [6, 6.07) is 13.1. The monoisotopic (exact) mass is 383 g/mol. The van der Waals surface area contributed by atoms with Gasteiger partial charge in [0.1, 0.15) is 17.1 Å². The van der Waals surface area contributed by atoms with Crippen LogP contribution < -0.4 is 21.9 Å². The molecule has 140 valence electrons. The molecule has 0 aliphatic carbocycles. The summed E-state index contributed by atoms with van der Waals surface area (Å²) in [5, 5.41) is 12.1. The van der Waals surface area contributed by atoms with Crippen molar-refractivity contribution in [1.29, 1.82) is 0 Å². The number of hydrazine groups is 1. The Kier molecular flexibility index (Phi) is 4.88. The minimum Gasteiger partial charge on any atom is -0.374 e. The van der Waals surface area contributed by atoms with Crippen LogP contribution in [-0.2, 0) is 11.8 Å². The fourth-order valence-electron chi connectivity index (χ4n) is 3.30. The van der Waals surface area contributed by atoms with E-state index in [2.05, 4.69) is 37.0 Å². The van der Waals surface area contributed by atoms with Gasteiger partial charge in [0, 0.05) is 18.9 Å². The first-order valence-electron chi connectivity index (χ1n) is 8.68. The van der Waals surface area contributed by atoms with Crippen LogP contribution in [-0.4, -0.2) is 26.7 Å². The lowest BCUT2D eigenvalue weighted by Crippen LogP contribution is -2.44. The molecule has 1 aromatic carbocycles. The van der Waals surface area contributed by atoms with Crippen molar-refractivity contribution in [3.05, 3.63) is 64.9 Å². The van der Waals surface area contributed by atoms with Crippen LogP contribution in [0.3, 0.4) is 0 Å². The van der Waals surface area contributed by atoms with Crippen LogP contribution in [0.1, 0.15) is 34.8 Å². The van der Waals surface area contributed by atoms with Gasteiger partial charge in [0.2, 0.25) is 11.0 Å². The van der Waals surface area contributed by atoms with Crippen LogP contribution in [0, 0.1) is 0 Å². The zero-order valence-electron chi connectivity index (χ0n) is 14.8. The smallest absolute Gasteiger partial charge is 0.239 e. The maximum absolute atomic E-state index is 12.9. The van der Waals surface area contributed by atoms with E-state index in [-0.39, 0.29) is 24.0 Å². The fourth-order valence-corrected chi connectivity index (χ4v) is 3.99. The molecule has 3 heterocycles. The second-order valence-corrected chi connectivity index (χ2v) is 7.55. The molecule has 5 N–H and O–H groups in total. The Bertz CT molecular complexity index is 923. The zero-order chi connectivity index (χ0) is 18.8. The van der Waals surface area contributed by atoms with Crippen molar-refractivity contribution in [3.63, 3.8) is 0 Å². The lowest BCUT2D eigenvalue weighted by Gasteiger charge is -2.19. The lowest BCUT2D eigenvalue weighted by molar-refractivity contribution is -0.123. The molecular weight excluding hydrogens is 362 g/mol. The van der Waals surface area contributed by atoms with E-state index in [9.17, 15) is 4.79 Å². The molecule has 0 saturated carbocycles. The minimum absolute atomic E-state index is 0.0769. The Morgan fingerprint density at radius 2 is 2.07 bits per heavy atom. The topological polar surface area (TPSA) is 110 Å². The number of aromatic nitrogens is 3. The van der Waals surface area contributed by atoms with Crippen LogP contribution >= 0.6 is 11.3 Å². The number of anilines is 1. The summed E-state index contributed by atoms with van der Waals surface area (Å²) in [6.07, 6.45) is 2.65. The second-order valence-electron chi connectivity index (χ2n) is 6.50. The van der Waals surface area contributed by atoms with Crippen molar-refractivity contribution in [3.8, 4) is 0 Å². The number of carbonyl (C=O) groups is 1. The molecule has 3 aromatic rings. The summed E-state index contributed by atoms with van der Waals surface area (Å²) in [6.45, 7) is 0. The van der Waals surface area contributed by atoms with Crippen molar-refractivity contribution >= 4 is 22.4 Å². The molecule has 1 saturated heterocycles. The molecule has 0 bridgehead atoms. The summed E-state index contributed by atoms with van der Waals surface area (Å²) in [5.41, 5.74) is 14.1. The van der Waals surface area contributed by atoms with Crippen LogP contribution in [0.5, 0.6) is 0 Å². The van der Waals surface area contributed by atoms with Gasteiger partial charge in [0.05, 0.1) is 6.04 Å². The van der Waals surface area contributed by atoms with E-state index in [4.69, 9.17) is 5.73 Å². The SMILES string of the molecule is Cn1cccc1C1CC(C(=O)NC(c2ccccc2)c2nnc(N)s2)NN1.